The van der Waals surface area contributed by atoms with Crippen molar-refractivity contribution < 1.29 is 10.2 Å². The Bertz CT molecular complexity index is 1140. The summed E-state index contributed by atoms with van der Waals surface area (Å²) >= 11 is 0. The molecule has 2 aromatic heterocycles. The smallest absolute Gasteiger partial charge is 0.181 e. The number of anilines is 2. The Hall–Kier alpha value is -3.52. The summed E-state index contributed by atoms with van der Waals surface area (Å²) in [5, 5.41) is 22.8. The molecule has 4 aromatic rings. The highest BCUT2D eigenvalue weighted by Crippen LogP contribution is 2.34. The average molecular weight is 364 g/mol. The molecule has 2 aromatic carbocycles. The number of para-hydroxylation sites is 1. The summed E-state index contributed by atoms with van der Waals surface area (Å²) in [5.74, 6) is 0.247. The Morgan fingerprint density at radius 3 is 2.74 bits per heavy atom. The molecule has 0 amide bonds. The minimum atomic E-state index is -0.193. The highest BCUT2D eigenvalue weighted by molar-refractivity contribution is 5.93. The first-order valence-electron chi connectivity index (χ1n) is 8.62. The molecule has 138 valence electrons. The second-order valence-corrected chi connectivity index (χ2v) is 6.25. The second-order valence-electron chi connectivity index (χ2n) is 6.25. The molecular weight excluding hydrogens is 344 g/mol. The summed E-state index contributed by atoms with van der Waals surface area (Å²) in [5.41, 5.74) is 15.9. The first-order valence-corrected chi connectivity index (χ1v) is 8.62. The van der Waals surface area contributed by atoms with E-state index in [1.165, 1.54) is 12.1 Å². The van der Waals surface area contributed by atoms with Gasteiger partial charge in [-0.25, -0.2) is 9.97 Å². The van der Waals surface area contributed by atoms with Crippen LogP contribution in [0.25, 0.3) is 27.9 Å². The lowest BCUT2D eigenvalue weighted by atomic mass is 10.1. The van der Waals surface area contributed by atoms with E-state index in [4.69, 9.17) is 11.5 Å². The number of nitrogens with one attached hydrogen (secondary N) is 1. The average Bonchev–Trinajstić information content (AvgIpc) is 3.10. The number of nitrogens with two attached hydrogens (primary N) is 2. The molecule has 0 atom stereocenters. The molecule has 7 N–H and O–H groups in total. The molecule has 0 aliphatic heterocycles. The fraction of sp³-hybridized carbons (Fsp3) is 0.158. The van der Waals surface area contributed by atoms with Crippen LogP contribution >= 0.6 is 0 Å². The first-order chi connectivity index (χ1) is 13.1. The number of aromatic nitrogens is 3. The van der Waals surface area contributed by atoms with E-state index >= 15 is 0 Å². The summed E-state index contributed by atoms with van der Waals surface area (Å²) in [6.07, 6.45) is 2.51. The maximum absolute atomic E-state index is 9.89. The van der Waals surface area contributed by atoms with Gasteiger partial charge in [0.25, 0.3) is 0 Å². The van der Waals surface area contributed by atoms with Gasteiger partial charge >= 0.3 is 0 Å². The third-order valence-electron chi connectivity index (χ3n) is 4.43. The van der Waals surface area contributed by atoms with Crippen molar-refractivity contribution in [2.45, 2.75) is 6.42 Å². The van der Waals surface area contributed by atoms with Gasteiger partial charge < -0.3 is 27.0 Å². The molecule has 8 nitrogen and oxygen atoms in total. The van der Waals surface area contributed by atoms with E-state index in [1.54, 1.807) is 18.3 Å². The third kappa shape index (κ3) is 2.85. The maximum Gasteiger partial charge on any atom is 0.181 e. The van der Waals surface area contributed by atoms with Crippen molar-refractivity contribution in [2.75, 3.05) is 24.1 Å². The predicted octanol–water partition coefficient (Wildman–Crippen LogP) is 2.30. The molecule has 0 aliphatic rings. The summed E-state index contributed by atoms with van der Waals surface area (Å²) in [7, 11) is 0. The van der Waals surface area contributed by atoms with Crippen LogP contribution in [0.5, 0.6) is 11.5 Å². The zero-order valence-electron chi connectivity index (χ0n) is 14.6. The van der Waals surface area contributed by atoms with E-state index in [-0.39, 0.29) is 11.5 Å². The number of phenols is 2. The van der Waals surface area contributed by atoms with E-state index in [0.29, 0.717) is 41.3 Å². The van der Waals surface area contributed by atoms with Crippen molar-refractivity contribution in [3.05, 3.63) is 42.6 Å². The molecule has 0 spiro atoms. The Kier molecular flexibility index (Phi) is 4.17. The highest BCUT2D eigenvalue weighted by Gasteiger charge is 2.16. The Balaban J connectivity index is 1.99. The van der Waals surface area contributed by atoms with Crippen molar-refractivity contribution in [3.8, 4) is 22.8 Å². The number of aromatic hydroxyl groups is 2. The van der Waals surface area contributed by atoms with Gasteiger partial charge in [-0.2, -0.15) is 0 Å². The van der Waals surface area contributed by atoms with Crippen molar-refractivity contribution in [3.63, 3.8) is 0 Å². The van der Waals surface area contributed by atoms with Crippen LogP contribution in [-0.2, 0) is 0 Å². The molecule has 0 fully saturated rings. The van der Waals surface area contributed by atoms with Crippen LogP contribution in [0.3, 0.4) is 0 Å². The molecule has 0 aliphatic carbocycles. The van der Waals surface area contributed by atoms with Crippen LogP contribution in [0.1, 0.15) is 6.42 Å². The van der Waals surface area contributed by atoms with E-state index in [9.17, 15) is 10.2 Å². The summed E-state index contributed by atoms with van der Waals surface area (Å²) in [6.45, 7) is 1.24. The zero-order valence-corrected chi connectivity index (χ0v) is 14.6. The lowest BCUT2D eigenvalue weighted by molar-refractivity contribution is 0.404. The Morgan fingerprint density at radius 1 is 1.11 bits per heavy atom. The Labute approximate surface area is 155 Å². The molecule has 4 rings (SSSR count). The van der Waals surface area contributed by atoms with Crippen molar-refractivity contribution in [1.29, 1.82) is 0 Å². The molecular formula is C19H20N6O2. The van der Waals surface area contributed by atoms with Gasteiger partial charge in [-0.15, -0.1) is 0 Å². The minimum absolute atomic E-state index is 0.174. The number of hydrogen-bond donors (Lipinski definition) is 5. The molecule has 2 heterocycles. The SMILES string of the molecule is NCCCNc1nc2c(N)cccc2n2c(-c3ccc(O)c(O)c3)cnc12. The third-order valence-corrected chi connectivity index (χ3v) is 4.43. The molecule has 0 bridgehead atoms. The molecule has 0 saturated heterocycles. The number of nitrogen functional groups attached to an aromatic ring is 1. The number of imidazole rings is 1. The van der Waals surface area contributed by atoms with Gasteiger partial charge in [-0.05, 0) is 43.3 Å². The summed E-state index contributed by atoms with van der Waals surface area (Å²) in [4.78, 5) is 9.19. The van der Waals surface area contributed by atoms with E-state index < -0.39 is 0 Å². The molecule has 27 heavy (non-hydrogen) atoms. The standard InChI is InChI=1S/C19H20N6O2/c20-7-2-8-22-18-19-23-10-14(11-5-6-15(26)16(27)9-11)25(19)13-4-1-3-12(21)17(13)24-18/h1,3-6,9-10,26-27H,2,7-8,20-21H2,(H,22,24). The largest absolute Gasteiger partial charge is 0.504 e. The molecule has 8 heteroatoms. The first kappa shape index (κ1) is 16.9. The van der Waals surface area contributed by atoms with E-state index in [1.807, 2.05) is 16.5 Å². The fourth-order valence-electron chi connectivity index (χ4n) is 3.09. The van der Waals surface area contributed by atoms with E-state index in [0.717, 1.165) is 17.6 Å². The quantitative estimate of drug-likeness (QED) is 0.208. The van der Waals surface area contributed by atoms with Gasteiger partial charge in [0, 0.05) is 12.1 Å². The monoisotopic (exact) mass is 364 g/mol. The lowest BCUT2D eigenvalue weighted by Gasteiger charge is -2.12. The number of nitrogens with zero attached hydrogens (tertiary/aromatic N) is 3. The number of fused-ring (bicyclic) bond motifs is 3. The maximum atomic E-state index is 9.89. The predicted molar refractivity (Wildman–Crippen MR) is 106 cm³/mol. The fourth-order valence-corrected chi connectivity index (χ4v) is 3.09. The highest BCUT2D eigenvalue weighted by atomic mass is 16.3. The number of hydrogen-bond acceptors (Lipinski definition) is 7. The van der Waals surface area contributed by atoms with Gasteiger partial charge in [0.1, 0.15) is 5.52 Å². The Morgan fingerprint density at radius 2 is 1.96 bits per heavy atom. The van der Waals surface area contributed by atoms with Gasteiger partial charge in [0.2, 0.25) is 0 Å². The van der Waals surface area contributed by atoms with Crippen LogP contribution in [0.4, 0.5) is 11.5 Å². The van der Waals surface area contributed by atoms with Crippen LogP contribution in [0.2, 0.25) is 0 Å². The molecule has 0 unspecified atom stereocenters. The normalized spacial score (nSPS) is 11.3. The zero-order chi connectivity index (χ0) is 19.0. The lowest BCUT2D eigenvalue weighted by Crippen LogP contribution is -2.11. The van der Waals surface area contributed by atoms with Crippen molar-refractivity contribution in [1.82, 2.24) is 14.4 Å². The van der Waals surface area contributed by atoms with Gasteiger partial charge in [0.15, 0.2) is 23.0 Å². The molecule has 0 saturated carbocycles. The topological polar surface area (TPSA) is 135 Å². The van der Waals surface area contributed by atoms with Gasteiger partial charge in [-0.3, -0.25) is 4.40 Å². The van der Waals surface area contributed by atoms with Gasteiger partial charge in [0.05, 0.1) is 23.1 Å². The van der Waals surface area contributed by atoms with Crippen LogP contribution in [-0.4, -0.2) is 37.7 Å². The van der Waals surface area contributed by atoms with Crippen LogP contribution < -0.4 is 16.8 Å². The number of rotatable bonds is 5. The van der Waals surface area contributed by atoms with Crippen LogP contribution in [0, 0.1) is 0 Å². The van der Waals surface area contributed by atoms with Gasteiger partial charge in [-0.1, -0.05) is 6.07 Å². The van der Waals surface area contributed by atoms with E-state index in [2.05, 4.69) is 15.3 Å². The molecule has 0 radical (unpaired) electrons. The summed E-state index contributed by atoms with van der Waals surface area (Å²) < 4.78 is 1.94. The number of phenolic OH excluding ortho intramolecular Hbond substituents is 2. The minimum Gasteiger partial charge on any atom is -0.504 e. The van der Waals surface area contributed by atoms with Crippen LogP contribution in [0.15, 0.2) is 42.6 Å². The van der Waals surface area contributed by atoms with Crippen molar-refractivity contribution >= 4 is 28.2 Å². The van der Waals surface area contributed by atoms with Crippen molar-refractivity contribution in [2.24, 2.45) is 5.73 Å². The second kappa shape index (κ2) is 6.65. The number of benzene rings is 2. The summed E-state index contributed by atoms with van der Waals surface area (Å²) in [6, 6.07) is 10.2.